The van der Waals surface area contributed by atoms with Crippen molar-refractivity contribution >= 4 is 5.91 Å². The lowest BCUT2D eigenvalue weighted by Gasteiger charge is -2.34. The highest BCUT2D eigenvalue weighted by Crippen LogP contribution is 2.38. The molecule has 2 aliphatic rings. The van der Waals surface area contributed by atoms with E-state index in [1.807, 2.05) is 24.2 Å². The number of aromatic nitrogens is 3. The van der Waals surface area contributed by atoms with Crippen molar-refractivity contribution in [2.24, 2.45) is 0 Å². The largest absolute Gasteiger partial charge is 0.345 e. The maximum Gasteiger partial charge on any atom is 0.255 e. The Morgan fingerprint density at radius 1 is 1.17 bits per heavy atom. The quantitative estimate of drug-likeness (QED) is 0.867. The zero-order valence-corrected chi connectivity index (χ0v) is 14.8. The van der Waals surface area contributed by atoms with Crippen LogP contribution >= 0.6 is 0 Å². The van der Waals surface area contributed by atoms with E-state index in [0.717, 1.165) is 43.0 Å². The summed E-state index contributed by atoms with van der Waals surface area (Å²) < 4.78 is 4.57. The first-order valence-corrected chi connectivity index (χ1v) is 9.03. The molecule has 3 heterocycles. The Bertz CT molecular complexity index is 768. The Morgan fingerprint density at radius 2 is 1.96 bits per heavy atom. The van der Waals surface area contributed by atoms with Gasteiger partial charge in [-0.25, -0.2) is 4.98 Å². The number of hydrogen-bond acceptors (Lipinski definition) is 2. The number of rotatable bonds is 3. The van der Waals surface area contributed by atoms with Gasteiger partial charge in [-0.05, 0) is 52.5 Å². The summed E-state index contributed by atoms with van der Waals surface area (Å²) >= 11 is 0. The van der Waals surface area contributed by atoms with Crippen molar-refractivity contribution < 1.29 is 4.79 Å². The van der Waals surface area contributed by atoms with Crippen LogP contribution < -0.4 is 0 Å². The second-order valence-corrected chi connectivity index (χ2v) is 7.31. The zero-order chi connectivity index (χ0) is 16.8. The van der Waals surface area contributed by atoms with Crippen LogP contribution in [0.1, 0.15) is 65.3 Å². The molecule has 0 N–H and O–H groups in total. The van der Waals surface area contributed by atoms with Crippen LogP contribution in [0.15, 0.2) is 18.5 Å². The van der Waals surface area contributed by atoms with Crippen LogP contribution in [-0.4, -0.2) is 38.0 Å². The first kappa shape index (κ1) is 15.5. The molecule has 2 aromatic heterocycles. The van der Waals surface area contributed by atoms with Gasteiger partial charge >= 0.3 is 0 Å². The summed E-state index contributed by atoms with van der Waals surface area (Å²) in [6.45, 7) is 7.89. The molecule has 1 amide bonds. The maximum atomic E-state index is 13.1. The fraction of sp³-hybridized carbons (Fsp3) is 0.579. The molecule has 1 atom stereocenters. The summed E-state index contributed by atoms with van der Waals surface area (Å²) in [6, 6.07) is 3.05. The Balaban J connectivity index is 1.56. The molecule has 2 aromatic rings. The number of piperidine rings is 1. The number of hydrogen-bond donors (Lipinski definition) is 0. The van der Waals surface area contributed by atoms with Gasteiger partial charge in [0, 0.05) is 42.9 Å². The third-order valence-electron chi connectivity index (χ3n) is 5.57. The molecule has 0 radical (unpaired) electrons. The topological polar surface area (TPSA) is 43.1 Å². The lowest BCUT2D eigenvalue weighted by molar-refractivity contribution is 0.0677. The predicted molar refractivity (Wildman–Crippen MR) is 93.3 cm³/mol. The van der Waals surface area contributed by atoms with Gasteiger partial charge in [0.2, 0.25) is 0 Å². The molecule has 1 aliphatic carbocycles. The van der Waals surface area contributed by atoms with Crippen LogP contribution in [0.5, 0.6) is 0 Å². The van der Waals surface area contributed by atoms with E-state index in [1.165, 1.54) is 18.5 Å². The first-order valence-electron chi connectivity index (χ1n) is 9.03. The molecule has 2 fully saturated rings. The zero-order valence-electron chi connectivity index (χ0n) is 14.8. The monoisotopic (exact) mass is 326 g/mol. The molecule has 1 aliphatic heterocycles. The lowest BCUT2D eigenvalue weighted by Crippen LogP contribution is -2.41. The van der Waals surface area contributed by atoms with Crippen LogP contribution in [-0.2, 0) is 0 Å². The molecule has 5 nitrogen and oxygen atoms in total. The van der Waals surface area contributed by atoms with E-state index in [9.17, 15) is 4.79 Å². The third kappa shape index (κ3) is 2.56. The van der Waals surface area contributed by atoms with E-state index in [1.54, 1.807) is 0 Å². The van der Waals surface area contributed by atoms with Crippen molar-refractivity contribution in [3.05, 3.63) is 41.2 Å². The summed E-state index contributed by atoms with van der Waals surface area (Å²) in [7, 11) is 0. The second-order valence-electron chi connectivity index (χ2n) is 7.31. The van der Waals surface area contributed by atoms with Crippen molar-refractivity contribution in [3.63, 3.8) is 0 Å². The van der Waals surface area contributed by atoms with Gasteiger partial charge in [0.05, 0.1) is 11.6 Å². The molecular weight excluding hydrogens is 300 g/mol. The number of imidazole rings is 1. The van der Waals surface area contributed by atoms with Crippen molar-refractivity contribution in [2.75, 3.05) is 13.1 Å². The summed E-state index contributed by atoms with van der Waals surface area (Å²) in [5, 5.41) is 0. The number of aryl methyl sites for hydroxylation is 2. The molecule has 4 rings (SSSR count). The average molecular weight is 326 g/mol. The van der Waals surface area contributed by atoms with Crippen molar-refractivity contribution in [1.82, 2.24) is 19.0 Å². The SMILES string of the molecule is Cc1nccn1C1CCCN(C(=O)c2cc(C)n(C3CC3)c2C)C1. The minimum atomic E-state index is 0.192. The highest BCUT2D eigenvalue weighted by molar-refractivity contribution is 5.95. The van der Waals surface area contributed by atoms with Gasteiger partial charge in [-0.1, -0.05) is 0 Å². The molecule has 1 saturated heterocycles. The number of carbonyl (C=O) groups is 1. The normalized spacial score (nSPS) is 21.3. The van der Waals surface area contributed by atoms with Gasteiger partial charge in [-0.3, -0.25) is 4.79 Å². The molecule has 24 heavy (non-hydrogen) atoms. The fourth-order valence-corrected chi connectivity index (χ4v) is 4.20. The van der Waals surface area contributed by atoms with Crippen LogP contribution in [0.2, 0.25) is 0 Å². The molecule has 1 unspecified atom stereocenters. The van der Waals surface area contributed by atoms with E-state index in [2.05, 4.69) is 34.0 Å². The maximum absolute atomic E-state index is 13.1. The first-order chi connectivity index (χ1) is 11.6. The third-order valence-corrected chi connectivity index (χ3v) is 5.57. The van der Waals surface area contributed by atoms with Gasteiger partial charge in [0.1, 0.15) is 5.82 Å². The highest BCUT2D eigenvalue weighted by atomic mass is 16.2. The number of nitrogens with zero attached hydrogens (tertiary/aromatic N) is 4. The van der Waals surface area contributed by atoms with Gasteiger partial charge in [-0.2, -0.15) is 0 Å². The number of likely N-dealkylation sites (tertiary alicyclic amines) is 1. The van der Waals surface area contributed by atoms with Crippen LogP contribution in [0.3, 0.4) is 0 Å². The smallest absolute Gasteiger partial charge is 0.255 e. The molecule has 1 saturated carbocycles. The summed E-state index contributed by atoms with van der Waals surface area (Å²) in [4.78, 5) is 19.5. The Kier molecular flexibility index (Phi) is 3.74. The summed E-state index contributed by atoms with van der Waals surface area (Å²) in [5.74, 6) is 1.22. The summed E-state index contributed by atoms with van der Waals surface area (Å²) in [6.07, 6.45) is 8.54. The van der Waals surface area contributed by atoms with E-state index >= 15 is 0 Å². The Hall–Kier alpha value is -2.04. The molecule has 0 spiro atoms. The Morgan fingerprint density at radius 3 is 2.62 bits per heavy atom. The van der Waals surface area contributed by atoms with Gasteiger partial charge in [0.15, 0.2) is 0 Å². The Labute approximate surface area is 143 Å². The van der Waals surface area contributed by atoms with Crippen LogP contribution in [0.25, 0.3) is 0 Å². The van der Waals surface area contributed by atoms with Crippen molar-refractivity contribution in [2.45, 2.75) is 58.5 Å². The van der Waals surface area contributed by atoms with Crippen LogP contribution in [0.4, 0.5) is 0 Å². The van der Waals surface area contributed by atoms with Crippen molar-refractivity contribution in [3.8, 4) is 0 Å². The van der Waals surface area contributed by atoms with E-state index in [4.69, 9.17) is 0 Å². The second kappa shape index (κ2) is 5.80. The van der Waals surface area contributed by atoms with E-state index in [-0.39, 0.29) is 5.91 Å². The molecule has 0 aromatic carbocycles. The molecule has 128 valence electrons. The minimum absolute atomic E-state index is 0.192. The predicted octanol–water partition coefficient (Wildman–Crippen LogP) is 3.42. The van der Waals surface area contributed by atoms with E-state index in [0.29, 0.717) is 12.1 Å². The molecule has 0 bridgehead atoms. The summed E-state index contributed by atoms with van der Waals surface area (Å²) in [5.41, 5.74) is 3.25. The van der Waals surface area contributed by atoms with Gasteiger partial charge in [0.25, 0.3) is 5.91 Å². The van der Waals surface area contributed by atoms with Crippen LogP contribution in [0, 0.1) is 20.8 Å². The van der Waals surface area contributed by atoms with Crippen molar-refractivity contribution in [1.29, 1.82) is 0 Å². The van der Waals surface area contributed by atoms with Gasteiger partial charge < -0.3 is 14.0 Å². The minimum Gasteiger partial charge on any atom is -0.345 e. The van der Waals surface area contributed by atoms with E-state index < -0.39 is 0 Å². The highest BCUT2D eigenvalue weighted by Gasteiger charge is 2.31. The number of amides is 1. The average Bonchev–Trinajstić information content (AvgIpc) is 3.24. The molecule has 5 heteroatoms. The lowest BCUT2D eigenvalue weighted by atomic mass is 10.0. The molecular formula is C19H26N4O. The van der Waals surface area contributed by atoms with Gasteiger partial charge in [-0.15, -0.1) is 0 Å². The number of carbonyl (C=O) groups excluding carboxylic acids is 1. The standard InChI is InChI=1S/C19H26N4O/c1-13-11-18(14(2)23(13)16-6-7-16)19(24)21-9-4-5-17(12-21)22-10-8-20-15(22)3/h8,10-11,16-17H,4-7,9,12H2,1-3H3. The fourth-order valence-electron chi connectivity index (χ4n) is 4.20.